The highest BCUT2D eigenvalue weighted by Gasteiger charge is 2.24. The number of nitrogens with one attached hydrogen (secondary N) is 1. The first-order valence-electron chi connectivity index (χ1n) is 7.47. The number of aromatic nitrogens is 1. The molecule has 0 fully saturated rings. The fourth-order valence-electron chi connectivity index (χ4n) is 3.02. The maximum absolute atomic E-state index is 11.7. The number of phenolic OH excluding ortho intramolecular Hbond substituents is 1. The molecule has 1 aliphatic carbocycles. The molecule has 21 heavy (non-hydrogen) atoms. The Morgan fingerprint density at radius 1 is 1.33 bits per heavy atom. The molecule has 4 heteroatoms. The van der Waals surface area contributed by atoms with Gasteiger partial charge in [0.15, 0.2) is 0 Å². The normalized spacial score (nSPS) is 16.7. The molecule has 2 N–H and O–H groups in total. The second-order valence-electron chi connectivity index (χ2n) is 5.53. The third-order valence-corrected chi connectivity index (χ3v) is 4.03. The van der Waals surface area contributed by atoms with Crippen LogP contribution in [-0.4, -0.2) is 9.67 Å². The van der Waals surface area contributed by atoms with E-state index in [4.69, 9.17) is 0 Å². The van der Waals surface area contributed by atoms with Gasteiger partial charge in [-0.2, -0.15) is 0 Å². The van der Waals surface area contributed by atoms with E-state index >= 15 is 0 Å². The molecule has 0 spiro atoms. The number of fused-ring (bicyclic) bond motifs is 1. The predicted octanol–water partition coefficient (Wildman–Crippen LogP) is 3.06. The Labute approximate surface area is 124 Å². The fourth-order valence-corrected chi connectivity index (χ4v) is 3.02. The molecule has 0 amide bonds. The Bertz CT molecular complexity index is 706. The summed E-state index contributed by atoms with van der Waals surface area (Å²) in [7, 11) is 0. The number of hydrogen-bond acceptors (Lipinski definition) is 3. The Morgan fingerprint density at radius 2 is 2.19 bits per heavy atom. The van der Waals surface area contributed by atoms with Crippen molar-refractivity contribution in [2.75, 3.05) is 5.32 Å². The maximum Gasteiger partial charge on any atom is 0.250 e. The van der Waals surface area contributed by atoms with Crippen molar-refractivity contribution in [2.24, 2.45) is 0 Å². The van der Waals surface area contributed by atoms with E-state index in [0.717, 1.165) is 42.6 Å². The van der Waals surface area contributed by atoms with E-state index < -0.39 is 0 Å². The molecule has 1 aromatic carbocycles. The number of benzene rings is 1. The quantitative estimate of drug-likeness (QED) is 0.907. The van der Waals surface area contributed by atoms with E-state index in [9.17, 15) is 9.90 Å². The number of hydrogen-bond donors (Lipinski definition) is 2. The summed E-state index contributed by atoms with van der Waals surface area (Å²) in [5.41, 5.74) is 3.18. The van der Waals surface area contributed by atoms with Gasteiger partial charge in [-0.3, -0.25) is 4.79 Å². The van der Waals surface area contributed by atoms with E-state index in [1.165, 1.54) is 0 Å². The van der Waals surface area contributed by atoms with Gasteiger partial charge >= 0.3 is 0 Å². The van der Waals surface area contributed by atoms with Gasteiger partial charge in [-0.25, -0.2) is 0 Å². The summed E-state index contributed by atoms with van der Waals surface area (Å²) in [6, 6.07) is 9.31. The summed E-state index contributed by atoms with van der Waals surface area (Å²) in [5.74, 6) is 0.382. The molecule has 0 saturated heterocycles. The van der Waals surface area contributed by atoms with Gasteiger partial charge in [0.05, 0.1) is 11.7 Å². The summed E-state index contributed by atoms with van der Waals surface area (Å²) in [6.07, 6.45) is 4.66. The first kappa shape index (κ1) is 13.7. The third-order valence-electron chi connectivity index (χ3n) is 4.03. The van der Waals surface area contributed by atoms with Crippen molar-refractivity contribution < 1.29 is 5.11 Å². The summed E-state index contributed by atoms with van der Waals surface area (Å²) in [6.45, 7) is 2.79. The minimum absolute atomic E-state index is 0.0341. The van der Waals surface area contributed by atoms with Gasteiger partial charge in [-0.1, -0.05) is 19.1 Å². The average Bonchev–Trinajstić information content (AvgIpc) is 2.88. The Kier molecular flexibility index (Phi) is 3.69. The summed E-state index contributed by atoms with van der Waals surface area (Å²) < 4.78 is 1.74. The van der Waals surface area contributed by atoms with Crippen molar-refractivity contribution in [3.05, 3.63) is 58.0 Å². The van der Waals surface area contributed by atoms with Crippen molar-refractivity contribution >= 4 is 5.69 Å². The number of aromatic hydroxyl groups is 1. The molecule has 1 heterocycles. The number of phenols is 1. The topological polar surface area (TPSA) is 54.3 Å². The highest BCUT2D eigenvalue weighted by atomic mass is 16.3. The van der Waals surface area contributed by atoms with Gasteiger partial charge in [0.2, 0.25) is 0 Å². The molecule has 1 aliphatic rings. The van der Waals surface area contributed by atoms with Gasteiger partial charge in [0.1, 0.15) is 5.75 Å². The molecule has 2 aromatic rings. The molecule has 0 saturated carbocycles. The van der Waals surface area contributed by atoms with Crippen LogP contribution in [-0.2, 0) is 13.0 Å². The van der Waals surface area contributed by atoms with Gasteiger partial charge in [0, 0.05) is 18.8 Å². The molecule has 0 radical (unpaired) electrons. The average molecular weight is 284 g/mol. The fraction of sp³-hybridized carbons (Fsp3) is 0.353. The van der Waals surface area contributed by atoms with Crippen LogP contribution in [0.5, 0.6) is 5.75 Å². The molecule has 1 aromatic heterocycles. The predicted molar refractivity (Wildman–Crippen MR) is 83.8 cm³/mol. The number of anilines is 1. The number of pyridine rings is 1. The lowest BCUT2D eigenvalue weighted by molar-refractivity contribution is 0.469. The van der Waals surface area contributed by atoms with Gasteiger partial charge in [-0.15, -0.1) is 0 Å². The number of rotatable bonds is 4. The van der Waals surface area contributed by atoms with Crippen LogP contribution in [0, 0.1) is 0 Å². The standard InChI is InChI=1S/C17H20N2O2/c1-2-10-19-11-12(6-9-17(19)21)18-15-8-7-14-13(15)4-3-5-16(14)20/h3-6,9,11,15,18,20H,2,7-8,10H2,1H3. The van der Waals surface area contributed by atoms with Crippen molar-refractivity contribution in [3.8, 4) is 5.75 Å². The van der Waals surface area contributed by atoms with Crippen LogP contribution in [0.25, 0.3) is 0 Å². The van der Waals surface area contributed by atoms with Crippen LogP contribution in [0.3, 0.4) is 0 Å². The molecular formula is C17H20N2O2. The second-order valence-corrected chi connectivity index (χ2v) is 5.53. The zero-order chi connectivity index (χ0) is 14.8. The van der Waals surface area contributed by atoms with Crippen LogP contribution in [0.15, 0.2) is 41.3 Å². The van der Waals surface area contributed by atoms with Gasteiger partial charge < -0.3 is 15.0 Å². The number of aryl methyl sites for hydroxylation is 1. The second kappa shape index (κ2) is 5.64. The summed E-state index contributed by atoms with van der Waals surface area (Å²) in [4.78, 5) is 11.7. The Morgan fingerprint density at radius 3 is 3.00 bits per heavy atom. The summed E-state index contributed by atoms with van der Waals surface area (Å²) in [5, 5.41) is 13.4. The van der Waals surface area contributed by atoms with Crippen LogP contribution in [0.1, 0.15) is 36.9 Å². The molecule has 4 nitrogen and oxygen atoms in total. The highest BCUT2D eigenvalue weighted by molar-refractivity contribution is 5.50. The first-order chi connectivity index (χ1) is 10.2. The minimum Gasteiger partial charge on any atom is -0.508 e. The van der Waals surface area contributed by atoms with Crippen LogP contribution < -0.4 is 10.9 Å². The van der Waals surface area contributed by atoms with Crippen molar-refractivity contribution in [3.63, 3.8) is 0 Å². The van der Waals surface area contributed by atoms with Gasteiger partial charge in [-0.05, 0) is 42.5 Å². The van der Waals surface area contributed by atoms with Gasteiger partial charge in [0.25, 0.3) is 5.56 Å². The van der Waals surface area contributed by atoms with Crippen molar-refractivity contribution in [1.29, 1.82) is 0 Å². The maximum atomic E-state index is 11.7. The minimum atomic E-state index is 0.0341. The SMILES string of the molecule is CCCn1cc(NC2CCc3c(O)cccc32)ccc1=O. The van der Waals surface area contributed by atoms with Crippen molar-refractivity contribution in [1.82, 2.24) is 4.57 Å². The van der Waals surface area contributed by atoms with Crippen LogP contribution in [0.2, 0.25) is 0 Å². The smallest absolute Gasteiger partial charge is 0.250 e. The molecule has 3 rings (SSSR count). The lowest BCUT2D eigenvalue weighted by Crippen LogP contribution is -2.19. The van der Waals surface area contributed by atoms with Crippen molar-refractivity contribution in [2.45, 2.75) is 38.8 Å². The largest absolute Gasteiger partial charge is 0.508 e. The van der Waals surface area contributed by atoms with E-state index in [0.29, 0.717) is 5.75 Å². The highest BCUT2D eigenvalue weighted by Crippen LogP contribution is 2.37. The Hall–Kier alpha value is -2.23. The molecule has 0 bridgehead atoms. The zero-order valence-corrected chi connectivity index (χ0v) is 12.2. The summed E-state index contributed by atoms with van der Waals surface area (Å²) >= 11 is 0. The first-order valence-corrected chi connectivity index (χ1v) is 7.47. The van der Waals surface area contributed by atoms with E-state index in [1.807, 2.05) is 18.3 Å². The molecular weight excluding hydrogens is 264 g/mol. The van der Waals surface area contributed by atoms with Crippen LogP contribution >= 0.6 is 0 Å². The lowest BCUT2D eigenvalue weighted by atomic mass is 10.1. The monoisotopic (exact) mass is 284 g/mol. The zero-order valence-electron chi connectivity index (χ0n) is 12.2. The van der Waals surface area contributed by atoms with E-state index in [1.54, 1.807) is 16.7 Å². The molecule has 1 atom stereocenters. The Balaban J connectivity index is 1.85. The van der Waals surface area contributed by atoms with E-state index in [-0.39, 0.29) is 11.6 Å². The lowest BCUT2D eigenvalue weighted by Gasteiger charge is -2.16. The molecule has 110 valence electrons. The number of nitrogens with zero attached hydrogens (tertiary/aromatic N) is 1. The molecule has 0 aliphatic heterocycles. The third kappa shape index (κ3) is 2.66. The van der Waals surface area contributed by atoms with E-state index in [2.05, 4.69) is 18.3 Å². The van der Waals surface area contributed by atoms with Crippen LogP contribution in [0.4, 0.5) is 5.69 Å². The molecule has 1 unspecified atom stereocenters.